The molecule has 0 fully saturated rings. The van der Waals surface area contributed by atoms with Crippen LogP contribution >= 0.6 is 12.6 Å². The number of nitro benzene ring substituents is 1. The molecule has 0 radical (unpaired) electrons. The minimum Gasteiger partial charge on any atom is -0.487 e. The third-order valence-electron chi connectivity index (χ3n) is 2.76. The molecule has 0 aliphatic rings. The van der Waals surface area contributed by atoms with Crippen LogP contribution in [0.5, 0.6) is 5.75 Å². The third kappa shape index (κ3) is 2.60. The Balaban J connectivity index is 2.52. The van der Waals surface area contributed by atoms with E-state index in [-0.39, 0.29) is 11.4 Å². The van der Waals surface area contributed by atoms with E-state index in [1.165, 1.54) is 6.07 Å². The summed E-state index contributed by atoms with van der Waals surface area (Å²) >= 11 is 4.22. The second-order valence-corrected chi connectivity index (χ2v) is 4.34. The van der Waals surface area contributed by atoms with Gasteiger partial charge in [0.2, 0.25) is 0 Å². The van der Waals surface area contributed by atoms with Gasteiger partial charge in [-0.1, -0.05) is 0 Å². The molecule has 0 spiro atoms. The molecule has 0 saturated heterocycles. The largest absolute Gasteiger partial charge is 0.487 e. The van der Waals surface area contributed by atoms with E-state index in [2.05, 4.69) is 22.8 Å². The van der Waals surface area contributed by atoms with E-state index in [0.29, 0.717) is 29.7 Å². The summed E-state index contributed by atoms with van der Waals surface area (Å²) in [6.07, 6.45) is 0. The van der Waals surface area contributed by atoms with Crippen LogP contribution in [-0.4, -0.2) is 26.3 Å². The summed E-state index contributed by atoms with van der Waals surface area (Å²) in [4.78, 5) is 10.5. The van der Waals surface area contributed by atoms with Gasteiger partial charge in [-0.3, -0.25) is 10.1 Å². The molecule has 2 rings (SSSR count). The summed E-state index contributed by atoms with van der Waals surface area (Å²) in [6, 6.07) is 4.64. The Morgan fingerprint density at radius 1 is 1.40 bits per heavy atom. The number of rotatable bonds is 5. The molecule has 2 aromatic rings. The van der Waals surface area contributed by atoms with E-state index in [1.54, 1.807) is 23.6 Å². The Hall–Kier alpha value is -2.09. The van der Waals surface area contributed by atoms with Crippen LogP contribution in [-0.2, 0) is 6.54 Å². The van der Waals surface area contributed by atoms with Gasteiger partial charge in [-0.05, 0) is 26.0 Å². The van der Waals surface area contributed by atoms with E-state index < -0.39 is 4.92 Å². The number of hydrogen-bond donors (Lipinski definition) is 1. The summed E-state index contributed by atoms with van der Waals surface area (Å²) in [7, 11) is 0. The van der Waals surface area contributed by atoms with Crippen LogP contribution < -0.4 is 4.74 Å². The summed E-state index contributed by atoms with van der Waals surface area (Å²) in [5.74, 6) is 0.828. The van der Waals surface area contributed by atoms with Gasteiger partial charge in [0.1, 0.15) is 0 Å². The van der Waals surface area contributed by atoms with Gasteiger partial charge in [0.25, 0.3) is 0 Å². The van der Waals surface area contributed by atoms with E-state index >= 15 is 0 Å². The molecule has 8 heteroatoms. The summed E-state index contributed by atoms with van der Waals surface area (Å²) in [5, 5.41) is 19.4. The van der Waals surface area contributed by atoms with E-state index in [1.807, 2.05) is 6.92 Å². The zero-order valence-electron chi connectivity index (χ0n) is 11.1. The molecule has 20 heavy (non-hydrogen) atoms. The van der Waals surface area contributed by atoms with Gasteiger partial charge in [-0.2, -0.15) is 0 Å². The molecule has 0 aliphatic heterocycles. The second-order valence-electron chi connectivity index (χ2n) is 3.94. The van der Waals surface area contributed by atoms with Crippen LogP contribution in [0.3, 0.4) is 0 Å². The highest BCUT2D eigenvalue weighted by atomic mass is 32.1. The predicted octanol–water partition coefficient (Wildman–Crippen LogP) is 2.56. The fourth-order valence-electron chi connectivity index (χ4n) is 1.87. The standard InChI is InChI=1S/C12H14N4O3S/c1-3-15-11(13-14-12(15)20)8-5-6-9(16(17)18)10(7-8)19-4-2/h5-7H,3-4H2,1-2H3,(H,14,20). The number of hydrogen-bond acceptors (Lipinski definition) is 6. The molecular formula is C12H14N4O3S. The summed E-state index contributed by atoms with van der Waals surface area (Å²) < 4.78 is 7.13. The maximum atomic E-state index is 11.0. The topological polar surface area (TPSA) is 83.1 Å². The monoisotopic (exact) mass is 294 g/mol. The SMILES string of the molecule is CCOc1cc(-c2nnc(S)n2CC)ccc1[N+](=O)[O-]. The number of nitrogens with zero attached hydrogens (tertiary/aromatic N) is 4. The molecular weight excluding hydrogens is 280 g/mol. The Morgan fingerprint density at radius 2 is 2.15 bits per heavy atom. The fraction of sp³-hybridized carbons (Fsp3) is 0.333. The maximum absolute atomic E-state index is 11.0. The predicted molar refractivity (Wildman–Crippen MR) is 76.2 cm³/mol. The first-order valence-corrected chi connectivity index (χ1v) is 6.57. The van der Waals surface area contributed by atoms with Crippen molar-refractivity contribution in [3.8, 4) is 17.1 Å². The minimum absolute atomic E-state index is 0.0655. The lowest BCUT2D eigenvalue weighted by Crippen LogP contribution is -2.01. The first kappa shape index (κ1) is 14.3. The van der Waals surface area contributed by atoms with E-state index in [9.17, 15) is 10.1 Å². The second kappa shape index (κ2) is 5.91. The maximum Gasteiger partial charge on any atom is 0.310 e. The first-order chi connectivity index (χ1) is 9.58. The van der Waals surface area contributed by atoms with Gasteiger partial charge in [0.05, 0.1) is 11.5 Å². The average Bonchev–Trinajstić information content (AvgIpc) is 2.79. The highest BCUT2D eigenvalue weighted by molar-refractivity contribution is 7.80. The van der Waals surface area contributed by atoms with Crippen LogP contribution in [0.2, 0.25) is 0 Å². The number of ether oxygens (including phenoxy) is 1. The smallest absolute Gasteiger partial charge is 0.310 e. The zero-order chi connectivity index (χ0) is 14.7. The molecule has 0 N–H and O–H groups in total. The molecule has 106 valence electrons. The molecule has 0 aliphatic carbocycles. The van der Waals surface area contributed by atoms with Crippen LogP contribution in [0.1, 0.15) is 13.8 Å². The van der Waals surface area contributed by atoms with E-state index in [0.717, 1.165) is 0 Å². The van der Waals surface area contributed by atoms with Crippen molar-refractivity contribution >= 4 is 18.3 Å². The van der Waals surface area contributed by atoms with Gasteiger partial charge < -0.3 is 9.30 Å². The lowest BCUT2D eigenvalue weighted by Gasteiger charge is -2.08. The average molecular weight is 294 g/mol. The molecule has 1 aromatic carbocycles. The van der Waals surface area contributed by atoms with E-state index in [4.69, 9.17) is 4.74 Å². The zero-order valence-corrected chi connectivity index (χ0v) is 12.0. The van der Waals surface area contributed by atoms with Gasteiger partial charge in [-0.25, -0.2) is 0 Å². The third-order valence-corrected chi connectivity index (χ3v) is 3.09. The number of nitro groups is 1. The lowest BCUT2D eigenvalue weighted by atomic mass is 10.1. The van der Waals surface area contributed by atoms with Crippen molar-refractivity contribution in [1.29, 1.82) is 0 Å². The Bertz CT molecular complexity index is 642. The highest BCUT2D eigenvalue weighted by Crippen LogP contribution is 2.32. The molecule has 7 nitrogen and oxygen atoms in total. The molecule has 0 saturated carbocycles. The molecule has 0 amide bonds. The van der Waals surface area contributed by atoms with Crippen LogP contribution in [0.4, 0.5) is 5.69 Å². The van der Waals surface area contributed by atoms with Crippen LogP contribution in [0, 0.1) is 10.1 Å². The van der Waals surface area contributed by atoms with Crippen LogP contribution in [0.15, 0.2) is 23.4 Å². The summed E-state index contributed by atoms with van der Waals surface area (Å²) in [6.45, 7) is 4.73. The fourth-order valence-corrected chi connectivity index (χ4v) is 2.16. The van der Waals surface area contributed by atoms with Gasteiger partial charge in [0, 0.05) is 18.2 Å². The molecule has 1 heterocycles. The summed E-state index contributed by atoms with van der Waals surface area (Å²) in [5.41, 5.74) is 0.637. The molecule has 1 aromatic heterocycles. The molecule has 0 bridgehead atoms. The van der Waals surface area contributed by atoms with Crippen molar-refractivity contribution < 1.29 is 9.66 Å². The van der Waals surface area contributed by atoms with Crippen molar-refractivity contribution in [3.63, 3.8) is 0 Å². The highest BCUT2D eigenvalue weighted by Gasteiger charge is 2.18. The minimum atomic E-state index is -0.469. The van der Waals surface area contributed by atoms with Crippen molar-refractivity contribution in [2.24, 2.45) is 0 Å². The molecule has 0 atom stereocenters. The van der Waals surface area contributed by atoms with Crippen LogP contribution in [0.25, 0.3) is 11.4 Å². The van der Waals surface area contributed by atoms with Gasteiger partial charge in [0.15, 0.2) is 16.7 Å². The van der Waals surface area contributed by atoms with Crippen molar-refractivity contribution in [3.05, 3.63) is 28.3 Å². The molecule has 0 unspecified atom stereocenters. The Morgan fingerprint density at radius 3 is 2.75 bits per heavy atom. The Labute approximate surface area is 121 Å². The van der Waals surface area contributed by atoms with Crippen molar-refractivity contribution in [2.75, 3.05) is 6.61 Å². The quantitative estimate of drug-likeness (QED) is 0.520. The Kier molecular flexibility index (Phi) is 4.23. The lowest BCUT2D eigenvalue weighted by molar-refractivity contribution is -0.385. The normalized spacial score (nSPS) is 10.6. The van der Waals surface area contributed by atoms with Gasteiger partial charge in [-0.15, -0.1) is 22.8 Å². The first-order valence-electron chi connectivity index (χ1n) is 6.12. The number of thiol groups is 1. The number of benzene rings is 1. The van der Waals surface area contributed by atoms with Gasteiger partial charge >= 0.3 is 5.69 Å². The van der Waals surface area contributed by atoms with Crippen molar-refractivity contribution in [2.45, 2.75) is 25.5 Å². The van der Waals surface area contributed by atoms with Crippen molar-refractivity contribution in [1.82, 2.24) is 14.8 Å². The number of aromatic nitrogens is 3.